The van der Waals surface area contributed by atoms with Crippen LogP contribution in [0.4, 0.5) is 0 Å². The molecule has 0 saturated carbocycles. The summed E-state index contributed by atoms with van der Waals surface area (Å²) in [6.07, 6.45) is 5.69. The van der Waals surface area contributed by atoms with E-state index in [9.17, 15) is 4.79 Å². The maximum absolute atomic E-state index is 13.1. The van der Waals surface area contributed by atoms with E-state index < -0.39 is 0 Å². The quantitative estimate of drug-likeness (QED) is 0.497. The largest absolute Gasteiger partial charge is 0.336 e. The van der Waals surface area contributed by atoms with Crippen LogP contribution in [0.1, 0.15) is 21.5 Å². The number of amides is 1. The standard InChI is InChI=1S/C26H27N5O/c1-18-6-4-9-22(19(18)2)23-17-31-24(15-28-25(31)16-27-23)20-7-5-8-21(14-20)26(32)30-12-10-29(3)11-13-30/h4-9,14-17H,10-13H2,1-3H3. The van der Waals surface area contributed by atoms with Gasteiger partial charge in [-0.05, 0) is 44.2 Å². The fourth-order valence-corrected chi connectivity index (χ4v) is 4.27. The van der Waals surface area contributed by atoms with E-state index in [-0.39, 0.29) is 5.91 Å². The third-order valence-corrected chi connectivity index (χ3v) is 6.47. The highest BCUT2D eigenvalue weighted by Crippen LogP contribution is 2.27. The van der Waals surface area contributed by atoms with Gasteiger partial charge in [-0.1, -0.05) is 30.3 Å². The maximum atomic E-state index is 13.1. The molecule has 0 spiro atoms. The van der Waals surface area contributed by atoms with E-state index in [1.165, 1.54) is 11.1 Å². The monoisotopic (exact) mass is 425 g/mol. The van der Waals surface area contributed by atoms with Gasteiger partial charge in [0.2, 0.25) is 0 Å². The molecule has 162 valence electrons. The molecule has 1 amide bonds. The summed E-state index contributed by atoms with van der Waals surface area (Å²) >= 11 is 0. The fourth-order valence-electron chi connectivity index (χ4n) is 4.27. The number of aromatic nitrogens is 3. The molecule has 2 aromatic heterocycles. The van der Waals surface area contributed by atoms with E-state index in [1.807, 2.05) is 41.6 Å². The molecule has 0 aliphatic carbocycles. The molecule has 4 aromatic rings. The van der Waals surface area contributed by atoms with Gasteiger partial charge < -0.3 is 9.80 Å². The number of rotatable bonds is 3. The Kier molecular flexibility index (Phi) is 5.23. The van der Waals surface area contributed by atoms with Gasteiger partial charge in [0.15, 0.2) is 5.65 Å². The Bertz CT molecular complexity index is 1300. The van der Waals surface area contributed by atoms with Crippen molar-refractivity contribution >= 4 is 11.6 Å². The summed E-state index contributed by atoms with van der Waals surface area (Å²) in [5, 5.41) is 0. The van der Waals surface area contributed by atoms with Gasteiger partial charge in [0.1, 0.15) is 0 Å². The van der Waals surface area contributed by atoms with Gasteiger partial charge in [-0.25, -0.2) is 4.98 Å². The summed E-state index contributed by atoms with van der Waals surface area (Å²) < 4.78 is 2.06. The Morgan fingerprint density at radius 1 is 0.938 bits per heavy atom. The van der Waals surface area contributed by atoms with E-state index in [4.69, 9.17) is 0 Å². The van der Waals surface area contributed by atoms with Crippen molar-refractivity contribution in [2.24, 2.45) is 0 Å². The number of benzene rings is 2. The van der Waals surface area contributed by atoms with Crippen LogP contribution in [0, 0.1) is 13.8 Å². The smallest absolute Gasteiger partial charge is 0.253 e. The van der Waals surface area contributed by atoms with Crippen LogP contribution in [0.15, 0.2) is 61.1 Å². The van der Waals surface area contributed by atoms with Crippen LogP contribution in [0.2, 0.25) is 0 Å². The first kappa shape index (κ1) is 20.4. The molecule has 3 heterocycles. The molecule has 1 aliphatic heterocycles. The number of aryl methyl sites for hydroxylation is 1. The van der Waals surface area contributed by atoms with Crippen LogP contribution < -0.4 is 0 Å². The molecule has 32 heavy (non-hydrogen) atoms. The Morgan fingerprint density at radius 3 is 2.53 bits per heavy atom. The fraction of sp³-hybridized carbons (Fsp3) is 0.269. The van der Waals surface area contributed by atoms with Crippen LogP contribution in [-0.4, -0.2) is 63.3 Å². The number of hydrogen-bond donors (Lipinski definition) is 0. The first-order chi connectivity index (χ1) is 15.5. The Hall–Kier alpha value is -3.51. The third-order valence-electron chi connectivity index (χ3n) is 6.47. The summed E-state index contributed by atoms with van der Waals surface area (Å²) in [6.45, 7) is 7.58. The lowest BCUT2D eigenvalue weighted by molar-refractivity contribution is 0.0664. The summed E-state index contributed by atoms with van der Waals surface area (Å²) in [7, 11) is 2.09. The van der Waals surface area contributed by atoms with Crippen LogP contribution >= 0.6 is 0 Å². The van der Waals surface area contributed by atoms with Gasteiger partial charge in [-0.3, -0.25) is 14.2 Å². The van der Waals surface area contributed by atoms with Crippen molar-refractivity contribution in [1.29, 1.82) is 0 Å². The molecule has 5 rings (SSSR count). The van der Waals surface area contributed by atoms with Crippen molar-refractivity contribution in [3.63, 3.8) is 0 Å². The first-order valence-electron chi connectivity index (χ1n) is 11.0. The molecule has 0 N–H and O–H groups in total. The van der Waals surface area contributed by atoms with Gasteiger partial charge in [0.05, 0.1) is 23.8 Å². The number of hydrogen-bond acceptors (Lipinski definition) is 4. The first-order valence-corrected chi connectivity index (χ1v) is 11.0. The molecular weight excluding hydrogens is 398 g/mol. The average Bonchev–Trinajstić information content (AvgIpc) is 3.24. The van der Waals surface area contributed by atoms with Crippen molar-refractivity contribution in [3.05, 3.63) is 77.7 Å². The topological polar surface area (TPSA) is 53.7 Å². The lowest BCUT2D eigenvalue weighted by atomic mass is 10.0. The number of nitrogens with zero attached hydrogens (tertiary/aromatic N) is 5. The highest BCUT2D eigenvalue weighted by atomic mass is 16.2. The number of fused-ring (bicyclic) bond motifs is 1. The molecule has 0 bridgehead atoms. The summed E-state index contributed by atoms with van der Waals surface area (Å²) in [4.78, 5) is 26.5. The van der Waals surface area contributed by atoms with Gasteiger partial charge in [0, 0.05) is 49.1 Å². The van der Waals surface area contributed by atoms with Crippen molar-refractivity contribution < 1.29 is 4.79 Å². The summed E-state index contributed by atoms with van der Waals surface area (Å²) in [5.41, 5.74) is 7.90. The van der Waals surface area contributed by atoms with Crippen molar-refractivity contribution in [3.8, 4) is 22.5 Å². The Labute approximate surface area is 188 Å². The normalized spacial score (nSPS) is 14.8. The number of carbonyl (C=O) groups excluding carboxylic acids is 1. The molecule has 0 atom stereocenters. The van der Waals surface area contributed by atoms with Gasteiger partial charge in [-0.2, -0.15) is 0 Å². The average molecular weight is 426 g/mol. The molecule has 0 unspecified atom stereocenters. The van der Waals surface area contributed by atoms with Crippen LogP contribution in [0.25, 0.3) is 28.2 Å². The van der Waals surface area contributed by atoms with Crippen LogP contribution in [0.5, 0.6) is 0 Å². The van der Waals surface area contributed by atoms with E-state index in [0.717, 1.165) is 54.3 Å². The number of imidazole rings is 1. The molecule has 1 saturated heterocycles. The molecule has 2 aromatic carbocycles. The van der Waals surface area contributed by atoms with E-state index in [2.05, 4.69) is 58.4 Å². The zero-order valence-electron chi connectivity index (χ0n) is 18.7. The van der Waals surface area contributed by atoms with Crippen molar-refractivity contribution in [1.82, 2.24) is 24.2 Å². The highest BCUT2D eigenvalue weighted by Gasteiger charge is 2.21. The predicted molar refractivity (Wildman–Crippen MR) is 127 cm³/mol. The molecule has 6 nitrogen and oxygen atoms in total. The van der Waals surface area contributed by atoms with E-state index >= 15 is 0 Å². The van der Waals surface area contributed by atoms with Crippen molar-refractivity contribution in [2.45, 2.75) is 13.8 Å². The summed E-state index contributed by atoms with van der Waals surface area (Å²) in [5.74, 6) is 0.0894. The molecule has 1 aliphatic rings. The predicted octanol–water partition coefficient (Wildman–Crippen LogP) is 4.07. The zero-order valence-corrected chi connectivity index (χ0v) is 18.7. The minimum absolute atomic E-state index is 0.0894. The molecule has 0 radical (unpaired) electrons. The van der Waals surface area contributed by atoms with Crippen LogP contribution in [0.3, 0.4) is 0 Å². The Balaban J connectivity index is 1.52. The zero-order chi connectivity index (χ0) is 22.2. The van der Waals surface area contributed by atoms with Gasteiger partial charge in [-0.15, -0.1) is 0 Å². The molecular formula is C26H27N5O. The lowest BCUT2D eigenvalue weighted by Crippen LogP contribution is -2.47. The Morgan fingerprint density at radius 2 is 1.72 bits per heavy atom. The lowest BCUT2D eigenvalue weighted by Gasteiger charge is -2.32. The second kappa shape index (κ2) is 8.20. The number of piperazine rings is 1. The second-order valence-corrected chi connectivity index (χ2v) is 8.57. The SMILES string of the molecule is Cc1cccc(-c2cn3c(-c4cccc(C(=O)N5CCN(C)CC5)c4)cnc3cn2)c1C. The number of likely N-dealkylation sites (N-methyl/N-ethyl adjacent to an activating group) is 1. The minimum atomic E-state index is 0.0894. The van der Waals surface area contributed by atoms with Gasteiger partial charge in [0.25, 0.3) is 5.91 Å². The number of carbonyl (C=O) groups is 1. The third kappa shape index (κ3) is 3.67. The van der Waals surface area contributed by atoms with Crippen molar-refractivity contribution in [2.75, 3.05) is 33.2 Å². The van der Waals surface area contributed by atoms with E-state index in [1.54, 1.807) is 6.20 Å². The maximum Gasteiger partial charge on any atom is 0.253 e. The van der Waals surface area contributed by atoms with Gasteiger partial charge >= 0.3 is 0 Å². The summed E-state index contributed by atoms with van der Waals surface area (Å²) in [6, 6.07) is 14.1. The molecule has 6 heteroatoms. The van der Waals surface area contributed by atoms with Crippen LogP contribution in [-0.2, 0) is 0 Å². The molecule has 1 fully saturated rings. The highest BCUT2D eigenvalue weighted by molar-refractivity contribution is 5.95. The minimum Gasteiger partial charge on any atom is -0.336 e. The second-order valence-electron chi connectivity index (χ2n) is 8.57. The van der Waals surface area contributed by atoms with E-state index in [0.29, 0.717) is 5.56 Å².